The number of sulfonamides is 1. The molecule has 1 rings (SSSR count). The molecule has 0 bridgehead atoms. The second kappa shape index (κ2) is 6.50. The van der Waals surface area contributed by atoms with Crippen molar-refractivity contribution in [2.45, 2.75) is 25.7 Å². The van der Waals surface area contributed by atoms with Gasteiger partial charge in [-0.15, -0.1) is 0 Å². The minimum atomic E-state index is -3.65. The van der Waals surface area contributed by atoms with E-state index in [2.05, 4.69) is 10.0 Å². The summed E-state index contributed by atoms with van der Waals surface area (Å²) in [5.41, 5.74) is 5.48. The van der Waals surface area contributed by atoms with Crippen molar-refractivity contribution in [3.8, 4) is 0 Å². The average Bonchev–Trinajstić information content (AvgIpc) is 2.36. The lowest BCUT2D eigenvalue weighted by molar-refractivity contribution is -0.114. The van der Waals surface area contributed by atoms with Crippen LogP contribution in [0, 0.1) is 5.41 Å². The van der Waals surface area contributed by atoms with Crippen molar-refractivity contribution in [3.63, 3.8) is 0 Å². The highest BCUT2D eigenvalue weighted by molar-refractivity contribution is 7.89. The molecule has 116 valence electrons. The number of carbonyl (C=O) groups excluding carboxylic acids is 1. The number of thiocarbonyl (C=S) groups is 1. The molecule has 0 radical (unpaired) electrons. The standard InChI is InChI=1S/C13H19N3O3S2/c1-9(17)16-10-4-6-11(7-5-10)21(18,19)15-8-13(2,3)12(14)20/h4-7,15H,8H2,1-3H3,(H2,14,20)(H,16,17). The van der Waals surface area contributed by atoms with E-state index in [1.807, 2.05) is 0 Å². The Morgan fingerprint density at radius 3 is 2.24 bits per heavy atom. The van der Waals surface area contributed by atoms with E-state index in [-0.39, 0.29) is 22.3 Å². The number of amides is 1. The summed E-state index contributed by atoms with van der Waals surface area (Å²) < 4.78 is 26.8. The van der Waals surface area contributed by atoms with Crippen LogP contribution in [0.25, 0.3) is 0 Å². The first-order chi connectivity index (χ1) is 9.54. The first kappa shape index (κ1) is 17.5. The Hall–Kier alpha value is -1.51. The van der Waals surface area contributed by atoms with Crippen LogP contribution in [0.15, 0.2) is 29.2 Å². The molecule has 1 amide bonds. The topological polar surface area (TPSA) is 101 Å². The van der Waals surface area contributed by atoms with Gasteiger partial charge in [0.2, 0.25) is 15.9 Å². The molecule has 0 fully saturated rings. The molecule has 0 aliphatic heterocycles. The SMILES string of the molecule is CC(=O)Nc1ccc(S(=O)(=O)NCC(C)(C)C(N)=S)cc1. The molecule has 0 heterocycles. The van der Waals surface area contributed by atoms with E-state index >= 15 is 0 Å². The number of rotatable bonds is 6. The Kier molecular flexibility index (Phi) is 5.43. The molecule has 1 aromatic carbocycles. The van der Waals surface area contributed by atoms with Crippen molar-refractivity contribution in [1.82, 2.24) is 4.72 Å². The third-order valence-corrected chi connectivity index (χ3v) is 4.83. The molecule has 0 saturated carbocycles. The van der Waals surface area contributed by atoms with Crippen molar-refractivity contribution >= 4 is 38.8 Å². The van der Waals surface area contributed by atoms with E-state index in [4.69, 9.17) is 18.0 Å². The lowest BCUT2D eigenvalue weighted by atomic mass is 9.94. The first-order valence-corrected chi connectivity index (χ1v) is 8.11. The minimum absolute atomic E-state index is 0.107. The van der Waals surface area contributed by atoms with Crippen LogP contribution in [0.1, 0.15) is 20.8 Å². The molecular formula is C13H19N3O3S2. The lowest BCUT2D eigenvalue weighted by Crippen LogP contribution is -2.41. The van der Waals surface area contributed by atoms with E-state index in [1.165, 1.54) is 31.2 Å². The number of nitrogens with one attached hydrogen (secondary N) is 2. The van der Waals surface area contributed by atoms with Crippen LogP contribution in [0.4, 0.5) is 5.69 Å². The van der Waals surface area contributed by atoms with Gasteiger partial charge in [-0.2, -0.15) is 0 Å². The van der Waals surface area contributed by atoms with Gasteiger partial charge in [0.1, 0.15) is 0 Å². The van der Waals surface area contributed by atoms with Crippen molar-refractivity contribution < 1.29 is 13.2 Å². The smallest absolute Gasteiger partial charge is 0.240 e. The fraction of sp³-hybridized carbons (Fsp3) is 0.385. The first-order valence-electron chi connectivity index (χ1n) is 6.22. The third-order valence-electron chi connectivity index (χ3n) is 2.86. The van der Waals surface area contributed by atoms with Crippen molar-refractivity contribution in [3.05, 3.63) is 24.3 Å². The number of hydrogen-bond acceptors (Lipinski definition) is 4. The predicted molar refractivity (Wildman–Crippen MR) is 86.5 cm³/mol. The average molecular weight is 329 g/mol. The second-order valence-electron chi connectivity index (χ2n) is 5.28. The number of benzene rings is 1. The van der Waals surface area contributed by atoms with Gasteiger partial charge < -0.3 is 11.1 Å². The van der Waals surface area contributed by atoms with E-state index in [0.717, 1.165) is 0 Å². The van der Waals surface area contributed by atoms with Crippen LogP contribution in [0.2, 0.25) is 0 Å². The van der Waals surface area contributed by atoms with Gasteiger partial charge in [0.15, 0.2) is 0 Å². The van der Waals surface area contributed by atoms with Gasteiger partial charge in [0.25, 0.3) is 0 Å². The Labute approximate surface area is 130 Å². The molecular weight excluding hydrogens is 310 g/mol. The summed E-state index contributed by atoms with van der Waals surface area (Å²) in [7, 11) is -3.65. The van der Waals surface area contributed by atoms with Gasteiger partial charge in [0.05, 0.1) is 9.88 Å². The molecule has 0 spiro atoms. The molecule has 0 aromatic heterocycles. The third kappa shape index (κ3) is 5.07. The normalized spacial score (nSPS) is 12.0. The zero-order chi connectivity index (χ0) is 16.3. The number of nitrogens with two attached hydrogens (primary N) is 1. The number of hydrogen-bond donors (Lipinski definition) is 3. The summed E-state index contributed by atoms with van der Waals surface area (Å²) in [5, 5.41) is 2.57. The van der Waals surface area contributed by atoms with E-state index in [0.29, 0.717) is 5.69 Å². The molecule has 4 N–H and O–H groups in total. The molecule has 8 heteroatoms. The maximum atomic E-state index is 12.2. The molecule has 0 aliphatic rings. The van der Waals surface area contributed by atoms with Crippen molar-refractivity contribution in [2.24, 2.45) is 11.1 Å². The van der Waals surface area contributed by atoms with Gasteiger partial charge in [-0.1, -0.05) is 26.1 Å². The van der Waals surface area contributed by atoms with E-state index < -0.39 is 15.4 Å². The second-order valence-corrected chi connectivity index (χ2v) is 7.49. The Bertz CT molecular complexity index is 637. The summed E-state index contributed by atoms with van der Waals surface area (Å²) in [6, 6.07) is 5.88. The van der Waals surface area contributed by atoms with Crippen molar-refractivity contribution in [1.29, 1.82) is 0 Å². The Morgan fingerprint density at radius 1 is 1.29 bits per heavy atom. The van der Waals surface area contributed by atoms with Crippen LogP contribution in [-0.4, -0.2) is 25.9 Å². The van der Waals surface area contributed by atoms with Gasteiger partial charge in [0, 0.05) is 24.6 Å². The summed E-state index contributed by atoms with van der Waals surface area (Å²) in [4.78, 5) is 11.3. The zero-order valence-corrected chi connectivity index (χ0v) is 13.8. The predicted octanol–water partition coefficient (Wildman–Crippen LogP) is 1.24. The van der Waals surface area contributed by atoms with Gasteiger partial charge >= 0.3 is 0 Å². The van der Waals surface area contributed by atoms with Crippen LogP contribution in [-0.2, 0) is 14.8 Å². The number of anilines is 1. The van der Waals surface area contributed by atoms with Gasteiger partial charge in [-0.3, -0.25) is 4.79 Å². The molecule has 1 aromatic rings. The van der Waals surface area contributed by atoms with Crippen LogP contribution in [0.3, 0.4) is 0 Å². The number of carbonyl (C=O) groups is 1. The fourth-order valence-corrected chi connectivity index (χ4v) is 2.65. The van der Waals surface area contributed by atoms with Crippen LogP contribution >= 0.6 is 12.2 Å². The maximum absolute atomic E-state index is 12.2. The van der Waals surface area contributed by atoms with Gasteiger partial charge in [-0.25, -0.2) is 13.1 Å². The highest BCUT2D eigenvalue weighted by atomic mass is 32.2. The Morgan fingerprint density at radius 2 is 1.81 bits per heavy atom. The van der Waals surface area contributed by atoms with E-state index in [9.17, 15) is 13.2 Å². The summed E-state index contributed by atoms with van der Waals surface area (Å²) in [6.45, 7) is 5.01. The lowest BCUT2D eigenvalue weighted by Gasteiger charge is -2.23. The Balaban J connectivity index is 2.84. The molecule has 0 aliphatic carbocycles. The molecule has 0 saturated heterocycles. The maximum Gasteiger partial charge on any atom is 0.240 e. The molecule has 6 nitrogen and oxygen atoms in total. The highest BCUT2D eigenvalue weighted by Gasteiger charge is 2.24. The zero-order valence-electron chi connectivity index (χ0n) is 12.1. The fourth-order valence-electron chi connectivity index (χ4n) is 1.37. The monoisotopic (exact) mass is 329 g/mol. The largest absolute Gasteiger partial charge is 0.393 e. The molecule has 0 unspecified atom stereocenters. The summed E-state index contributed by atoms with van der Waals surface area (Å²) in [6.07, 6.45) is 0. The summed E-state index contributed by atoms with van der Waals surface area (Å²) >= 11 is 4.90. The quantitative estimate of drug-likeness (QED) is 0.682. The highest BCUT2D eigenvalue weighted by Crippen LogP contribution is 2.17. The van der Waals surface area contributed by atoms with E-state index in [1.54, 1.807) is 13.8 Å². The van der Waals surface area contributed by atoms with Gasteiger partial charge in [-0.05, 0) is 24.3 Å². The summed E-state index contributed by atoms with van der Waals surface area (Å²) in [5.74, 6) is -0.220. The van der Waals surface area contributed by atoms with Crippen LogP contribution < -0.4 is 15.8 Å². The molecule has 0 atom stereocenters. The minimum Gasteiger partial charge on any atom is -0.393 e. The van der Waals surface area contributed by atoms with Crippen LogP contribution in [0.5, 0.6) is 0 Å². The molecule has 21 heavy (non-hydrogen) atoms. The van der Waals surface area contributed by atoms with Crippen molar-refractivity contribution in [2.75, 3.05) is 11.9 Å².